The summed E-state index contributed by atoms with van der Waals surface area (Å²) in [6.45, 7) is 0. The average Bonchev–Trinajstić information content (AvgIpc) is 2.30. The number of para-hydroxylation sites is 1. The topological polar surface area (TPSA) is 21.3 Å². The number of hydrogen-bond donors (Lipinski definition) is 1. The molecule has 0 atom stereocenters. The summed E-state index contributed by atoms with van der Waals surface area (Å²) >= 11 is 5.20. The van der Waals surface area contributed by atoms with Gasteiger partial charge in [-0.1, -0.05) is 24.6 Å². The van der Waals surface area contributed by atoms with Gasteiger partial charge in [0.1, 0.15) is 5.60 Å². The lowest BCUT2D eigenvalue weighted by Crippen LogP contribution is -2.40. The van der Waals surface area contributed by atoms with E-state index in [-0.39, 0.29) is 5.60 Å². The lowest BCUT2D eigenvalue weighted by atomic mass is 9.78. The van der Waals surface area contributed by atoms with Crippen molar-refractivity contribution >= 4 is 23.1 Å². The van der Waals surface area contributed by atoms with Crippen LogP contribution in [0.4, 0.5) is 5.69 Å². The van der Waals surface area contributed by atoms with Gasteiger partial charge in [-0.05, 0) is 44.0 Å². The van der Waals surface area contributed by atoms with E-state index in [0.717, 1.165) is 18.5 Å². The van der Waals surface area contributed by atoms with Gasteiger partial charge in [0, 0.05) is 11.3 Å². The van der Waals surface area contributed by atoms with Crippen molar-refractivity contribution in [3.63, 3.8) is 0 Å². The van der Waals surface area contributed by atoms with E-state index in [2.05, 4.69) is 23.5 Å². The van der Waals surface area contributed by atoms with Crippen molar-refractivity contribution in [1.82, 2.24) is 0 Å². The molecule has 1 heterocycles. The molecule has 1 saturated carbocycles. The number of ether oxygens (including phenoxy) is 1. The van der Waals surface area contributed by atoms with Crippen LogP contribution in [0, 0.1) is 0 Å². The van der Waals surface area contributed by atoms with Crippen LogP contribution >= 0.6 is 12.2 Å². The van der Waals surface area contributed by atoms with Crippen LogP contribution in [0.3, 0.4) is 0 Å². The highest BCUT2D eigenvalue weighted by molar-refractivity contribution is 7.80. The van der Waals surface area contributed by atoms with Gasteiger partial charge in [-0.2, -0.15) is 0 Å². The molecule has 3 rings (SSSR count). The first-order valence-corrected chi connectivity index (χ1v) is 6.31. The van der Waals surface area contributed by atoms with Crippen LogP contribution in [0.2, 0.25) is 0 Å². The Labute approximate surface area is 101 Å². The van der Waals surface area contributed by atoms with Gasteiger partial charge in [-0.3, -0.25) is 0 Å². The number of rotatable bonds is 0. The zero-order chi connectivity index (χ0) is 11.0. The minimum absolute atomic E-state index is 0.142. The highest BCUT2D eigenvalue weighted by atomic mass is 32.1. The molecular formula is C13H15NOS. The molecule has 1 aliphatic carbocycles. The van der Waals surface area contributed by atoms with Crippen LogP contribution in [0.1, 0.15) is 37.7 Å². The van der Waals surface area contributed by atoms with Gasteiger partial charge in [-0.15, -0.1) is 0 Å². The number of benzene rings is 1. The maximum Gasteiger partial charge on any atom is 0.262 e. The van der Waals surface area contributed by atoms with Gasteiger partial charge in [0.05, 0.1) is 0 Å². The molecule has 0 unspecified atom stereocenters. The number of nitrogens with one attached hydrogen (secondary N) is 1. The third-order valence-electron chi connectivity index (χ3n) is 3.60. The highest BCUT2D eigenvalue weighted by Crippen LogP contribution is 2.45. The van der Waals surface area contributed by atoms with Crippen LogP contribution < -0.4 is 5.32 Å². The molecule has 1 N–H and O–H groups in total. The second-order valence-electron chi connectivity index (χ2n) is 4.62. The molecular weight excluding hydrogens is 218 g/mol. The van der Waals surface area contributed by atoms with Crippen LogP contribution in [0.15, 0.2) is 24.3 Å². The molecule has 0 aromatic heterocycles. The molecule has 2 aliphatic rings. The number of anilines is 1. The maximum atomic E-state index is 5.96. The van der Waals surface area contributed by atoms with Gasteiger partial charge in [0.2, 0.25) is 0 Å². The SMILES string of the molecule is S=C1Nc2ccccc2C2(CCCCC2)O1. The summed E-state index contributed by atoms with van der Waals surface area (Å²) in [5.74, 6) is 0. The Bertz CT molecular complexity index is 424. The van der Waals surface area contributed by atoms with E-state index in [0.29, 0.717) is 5.17 Å². The predicted molar refractivity (Wildman–Crippen MR) is 68.5 cm³/mol. The lowest BCUT2D eigenvalue weighted by molar-refractivity contribution is 0.0141. The first-order valence-electron chi connectivity index (χ1n) is 5.90. The average molecular weight is 233 g/mol. The molecule has 3 heteroatoms. The molecule has 2 nitrogen and oxygen atoms in total. The molecule has 1 fully saturated rings. The van der Waals surface area contributed by atoms with E-state index in [4.69, 9.17) is 17.0 Å². The van der Waals surface area contributed by atoms with Crippen molar-refractivity contribution in [2.45, 2.75) is 37.7 Å². The Kier molecular flexibility index (Phi) is 2.36. The second-order valence-corrected chi connectivity index (χ2v) is 4.99. The number of fused-ring (bicyclic) bond motifs is 2. The summed E-state index contributed by atoms with van der Waals surface area (Å²) in [6.07, 6.45) is 5.96. The van der Waals surface area contributed by atoms with Gasteiger partial charge in [-0.25, -0.2) is 0 Å². The van der Waals surface area contributed by atoms with Crippen molar-refractivity contribution in [2.75, 3.05) is 5.32 Å². The predicted octanol–water partition coefficient (Wildman–Crippen LogP) is 3.57. The smallest absolute Gasteiger partial charge is 0.262 e. The van der Waals surface area contributed by atoms with Crippen LogP contribution in [0.5, 0.6) is 0 Å². The molecule has 0 saturated heterocycles. The summed E-state index contributed by atoms with van der Waals surface area (Å²) in [4.78, 5) is 0. The van der Waals surface area contributed by atoms with E-state index in [1.165, 1.54) is 24.8 Å². The second kappa shape index (κ2) is 3.74. The third kappa shape index (κ3) is 1.50. The van der Waals surface area contributed by atoms with Crippen molar-refractivity contribution in [1.29, 1.82) is 0 Å². The van der Waals surface area contributed by atoms with Crippen molar-refractivity contribution in [3.05, 3.63) is 29.8 Å². The Hall–Kier alpha value is -1.09. The quantitative estimate of drug-likeness (QED) is 0.692. The van der Waals surface area contributed by atoms with Gasteiger partial charge in [0.25, 0.3) is 5.17 Å². The van der Waals surface area contributed by atoms with Crippen molar-refractivity contribution < 1.29 is 4.74 Å². The standard InChI is InChI=1S/C13H15NOS/c16-12-14-11-7-3-2-6-10(11)13(15-12)8-4-1-5-9-13/h2-3,6-7H,1,4-5,8-9H2,(H,14,16). The molecule has 1 aliphatic heterocycles. The van der Waals surface area contributed by atoms with Gasteiger partial charge < -0.3 is 10.1 Å². The van der Waals surface area contributed by atoms with E-state index in [1.807, 2.05) is 6.07 Å². The van der Waals surface area contributed by atoms with E-state index >= 15 is 0 Å². The molecule has 84 valence electrons. The molecule has 1 spiro atoms. The van der Waals surface area contributed by atoms with Crippen LogP contribution in [-0.2, 0) is 10.3 Å². The van der Waals surface area contributed by atoms with Gasteiger partial charge in [0.15, 0.2) is 0 Å². The van der Waals surface area contributed by atoms with Crippen molar-refractivity contribution in [2.24, 2.45) is 0 Å². The molecule has 1 aromatic carbocycles. The normalized spacial score (nSPS) is 22.1. The fourth-order valence-electron chi connectivity index (χ4n) is 2.85. The van der Waals surface area contributed by atoms with Crippen molar-refractivity contribution in [3.8, 4) is 0 Å². The minimum Gasteiger partial charge on any atom is -0.459 e. The first kappa shape index (κ1) is 10.1. The summed E-state index contributed by atoms with van der Waals surface area (Å²) in [6, 6.07) is 8.36. The monoisotopic (exact) mass is 233 g/mol. The Morgan fingerprint density at radius 1 is 1.12 bits per heavy atom. The fraction of sp³-hybridized carbons (Fsp3) is 0.462. The summed E-state index contributed by atoms with van der Waals surface area (Å²) in [5.41, 5.74) is 2.26. The zero-order valence-electron chi connectivity index (χ0n) is 9.16. The zero-order valence-corrected chi connectivity index (χ0v) is 9.98. The first-order chi connectivity index (χ1) is 7.80. The van der Waals surface area contributed by atoms with Crippen LogP contribution in [-0.4, -0.2) is 5.17 Å². The molecule has 16 heavy (non-hydrogen) atoms. The number of hydrogen-bond acceptors (Lipinski definition) is 2. The molecule has 0 radical (unpaired) electrons. The van der Waals surface area contributed by atoms with Crippen LogP contribution in [0.25, 0.3) is 0 Å². The fourth-order valence-corrected chi connectivity index (χ4v) is 3.12. The molecule has 0 bridgehead atoms. The largest absolute Gasteiger partial charge is 0.459 e. The van der Waals surface area contributed by atoms with E-state index in [9.17, 15) is 0 Å². The lowest BCUT2D eigenvalue weighted by Gasteiger charge is -2.42. The maximum absolute atomic E-state index is 5.96. The summed E-state index contributed by atoms with van der Waals surface area (Å²) < 4.78 is 5.96. The summed E-state index contributed by atoms with van der Waals surface area (Å²) in [7, 11) is 0. The van der Waals surface area contributed by atoms with E-state index < -0.39 is 0 Å². The van der Waals surface area contributed by atoms with Gasteiger partial charge >= 0.3 is 0 Å². The number of thiocarbonyl (C=S) groups is 1. The Balaban J connectivity index is 2.08. The summed E-state index contributed by atoms with van der Waals surface area (Å²) in [5, 5.41) is 3.67. The molecule has 1 aromatic rings. The third-order valence-corrected chi connectivity index (χ3v) is 3.79. The highest BCUT2D eigenvalue weighted by Gasteiger charge is 2.41. The van der Waals surface area contributed by atoms with E-state index in [1.54, 1.807) is 0 Å². The minimum atomic E-state index is -0.142. The Morgan fingerprint density at radius 3 is 2.69 bits per heavy atom. The Morgan fingerprint density at radius 2 is 1.88 bits per heavy atom. The molecule has 0 amide bonds.